The first-order chi connectivity index (χ1) is 11.3. The number of ether oxygens (including phenoxy) is 1. The molecule has 0 aliphatic carbocycles. The highest BCUT2D eigenvalue weighted by atomic mass is 16.5. The van der Waals surface area contributed by atoms with Crippen molar-refractivity contribution in [1.29, 1.82) is 0 Å². The van der Waals surface area contributed by atoms with Crippen LogP contribution < -0.4 is 10.2 Å². The van der Waals surface area contributed by atoms with Crippen molar-refractivity contribution in [2.45, 2.75) is 0 Å². The lowest BCUT2D eigenvalue weighted by atomic mass is 10.3. The molecule has 1 saturated heterocycles. The first-order valence-electron chi connectivity index (χ1n) is 7.39. The third kappa shape index (κ3) is 2.76. The molecule has 3 heterocycles. The van der Waals surface area contributed by atoms with Gasteiger partial charge in [-0.05, 0) is 12.1 Å². The van der Waals surface area contributed by atoms with Gasteiger partial charge in [0.15, 0.2) is 11.5 Å². The van der Waals surface area contributed by atoms with Crippen LogP contribution in [0.15, 0.2) is 30.6 Å². The molecule has 0 unspecified atom stereocenters. The van der Waals surface area contributed by atoms with Gasteiger partial charge in [-0.3, -0.25) is 0 Å². The van der Waals surface area contributed by atoms with Gasteiger partial charge in [-0.2, -0.15) is 9.97 Å². The van der Waals surface area contributed by atoms with E-state index in [1.165, 1.54) is 0 Å². The third-order valence-corrected chi connectivity index (χ3v) is 3.68. The Labute approximate surface area is 132 Å². The fourth-order valence-corrected chi connectivity index (χ4v) is 2.54. The minimum atomic E-state index is 0.193. The molecule has 3 N–H and O–H groups in total. The summed E-state index contributed by atoms with van der Waals surface area (Å²) in [5, 5.41) is 12.8. The summed E-state index contributed by atoms with van der Waals surface area (Å²) in [7, 11) is 0. The molecule has 4 rings (SSSR count). The van der Waals surface area contributed by atoms with Crippen molar-refractivity contribution in [1.82, 2.24) is 19.9 Å². The Morgan fingerprint density at radius 3 is 2.91 bits per heavy atom. The highest BCUT2D eigenvalue weighted by molar-refractivity contribution is 5.86. The molecule has 3 aromatic rings. The zero-order valence-electron chi connectivity index (χ0n) is 12.4. The van der Waals surface area contributed by atoms with E-state index < -0.39 is 0 Å². The summed E-state index contributed by atoms with van der Waals surface area (Å²) >= 11 is 0. The van der Waals surface area contributed by atoms with E-state index >= 15 is 0 Å². The van der Waals surface area contributed by atoms with Gasteiger partial charge in [-0.25, -0.2) is 4.98 Å². The van der Waals surface area contributed by atoms with Crippen molar-refractivity contribution in [3.8, 4) is 5.75 Å². The normalized spacial score (nSPS) is 15.0. The molecule has 118 valence electrons. The zero-order valence-corrected chi connectivity index (χ0v) is 12.4. The molecule has 1 fully saturated rings. The Kier molecular flexibility index (Phi) is 3.43. The number of aromatic nitrogens is 4. The van der Waals surface area contributed by atoms with Gasteiger partial charge in [0.05, 0.1) is 19.5 Å². The SMILES string of the molecule is Oc1cccc(Nc2nc(N3CCOCC3)nc3nc[nH]c23)c1. The molecule has 0 amide bonds. The van der Waals surface area contributed by atoms with E-state index in [0.717, 1.165) is 24.3 Å². The molecule has 0 saturated carbocycles. The summed E-state index contributed by atoms with van der Waals surface area (Å²) in [6.07, 6.45) is 1.59. The van der Waals surface area contributed by atoms with Crippen molar-refractivity contribution in [3.63, 3.8) is 0 Å². The van der Waals surface area contributed by atoms with Crippen LogP contribution in [0.1, 0.15) is 0 Å². The maximum absolute atomic E-state index is 9.61. The van der Waals surface area contributed by atoms with E-state index in [0.29, 0.717) is 30.6 Å². The molecule has 0 spiro atoms. The van der Waals surface area contributed by atoms with Crippen molar-refractivity contribution in [3.05, 3.63) is 30.6 Å². The first-order valence-corrected chi connectivity index (χ1v) is 7.39. The van der Waals surface area contributed by atoms with E-state index in [2.05, 4.69) is 30.2 Å². The van der Waals surface area contributed by atoms with Crippen LogP contribution in [0, 0.1) is 0 Å². The number of morpholine rings is 1. The van der Waals surface area contributed by atoms with Gasteiger partial charge in [0.25, 0.3) is 0 Å². The topological polar surface area (TPSA) is 99.2 Å². The van der Waals surface area contributed by atoms with Gasteiger partial charge in [0.1, 0.15) is 11.3 Å². The second-order valence-electron chi connectivity index (χ2n) is 5.25. The number of aromatic amines is 1. The minimum Gasteiger partial charge on any atom is -0.508 e. The predicted molar refractivity (Wildman–Crippen MR) is 86.1 cm³/mol. The van der Waals surface area contributed by atoms with Crippen LogP contribution >= 0.6 is 0 Å². The summed E-state index contributed by atoms with van der Waals surface area (Å²) < 4.78 is 5.37. The second kappa shape index (κ2) is 5.73. The zero-order chi connectivity index (χ0) is 15.6. The Balaban J connectivity index is 1.73. The molecule has 8 heteroatoms. The molecule has 1 aromatic carbocycles. The molecule has 23 heavy (non-hydrogen) atoms. The van der Waals surface area contributed by atoms with E-state index in [1.54, 1.807) is 24.5 Å². The average Bonchev–Trinajstić information content (AvgIpc) is 3.04. The highest BCUT2D eigenvalue weighted by Gasteiger charge is 2.17. The number of benzene rings is 1. The van der Waals surface area contributed by atoms with Crippen molar-refractivity contribution < 1.29 is 9.84 Å². The lowest BCUT2D eigenvalue weighted by Gasteiger charge is -2.27. The average molecular weight is 312 g/mol. The standard InChI is InChI=1S/C15H16N6O2/c22-11-3-1-2-10(8-11)18-14-12-13(17-9-16-12)19-15(20-14)21-4-6-23-7-5-21/h1-3,8-9,22H,4-7H2,(H2,16,17,18,19,20). The summed E-state index contributed by atoms with van der Waals surface area (Å²) in [4.78, 5) is 18.5. The number of phenolic OH excluding ortho intramolecular Hbond substituents is 1. The molecule has 0 bridgehead atoms. The summed E-state index contributed by atoms with van der Waals surface area (Å²) in [6, 6.07) is 6.89. The fourth-order valence-electron chi connectivity index (χ4n) is 2.54. The molecular formula is C15H16N6O2. The van der Waals surface area contributed by atoms with Crippen molar-refractivity contribution >= 4 is 28.6 Å². The number of hydrogen-bond acceptors (Lipinski definition) is 7. The number of nitrogens with zero attached hydrogens (tertiary/aromatic N) is 4. The van der Waals surface area contributed by atoms with Gasteiger partial charge >= 0.3 is 0 Å². The fraction of sp³-hybridized carbons (Fsp3) is 0.267. The monoisotopic (exact) mass is 312 g/mol. The minimum absolute atomic E-state index is 0.193. The number of phenols is 1. The van der Waals surface area contributed by atoms with Crippen molar-refractivity contribution in [2.24, 2.45) is 0 Å². The lowest BCUT2D eigenvalue weighted by molar-refractivity contribution is 0.122. The molecule has 1 aliphatic heterocycles. The molecular weight excluding hydrogens is 296 g/mol. The third-order valence-electron chi connectivity index (χ3n) is 3.68. The van der Waals surface area contributed by atoms with Crippen LogP contribution in [-0.4, -0.2) is 51.3 Å². The van der Waals surface area contributed by atoms with E-state index in [-0.39, 0.29) is 5.75 Å². The highest BCUT2D eigenvalue weighted by Crippen LogP contribution is 2.26. The number of imidazole rings is 1. The van der Waals surface area contributed by atoms with E-state index in [1.807, 2.05) is 6.07 Å². The van der Waals surface area contributed by atoms with E-state index in [4.69, 9.17) is 4.74 Å². The van der Waals surface area contributed by atoms with Crippen LogP contribution in [0.2, 0.25) is 0 Å². The van der Waals surface area contributed by atoms with Gasteiger partial charge in [0.2, 0.25) is 5.95 Å². The molecule has 0 atom stereocenters. The summed E-state index contributed by atoms with van der Waals surface area (Å²) in [5.41, 5.74) is 2.07. The molecule has 0 radical (unpaired) electrons. The smallest absolute Gasteiger partial charge is 0.229 e. The Morgan fingerprint density at radius 1 is 1.22 bits per heavy atom. The molecule has 2 aromatic heterocycles. The maximum Gasteiger partial charge on any atom is 0.229 e. The maximum atomic E-state index is 9.61. The number of aromatic hydroxyl groups is 1. The van der Waals surface area contributed by atoms with Gasteiger partial charge in [0, 0.05) is 24.8 Å². The largest absolute Gasteiger partial charge is 0.508 e. The first kappa shape index (κ1) is 13.8. The number of anilines is 3. The van der Waals surface area contributed by atoms with Gasteiger partial charge in [-0.15, -0.1) is 0 Å². The number of nitrogens with one attached hydrogen (secondary N) is 2. The van der Waals surface area contributed by atoms with Crippen LogP contribution in [0.5, 0.6) is 5.75 Å². The van der Waals surface area contributed by atoms with Crippen LogP contribution in [0.4, 0.5) is 17.5 Å². The quantitative estimate of drug-likeness (QED) is 0.676. The second-order valence-corrected chi connectivity index (χ2v) is 5.25. The number of H-pyrrole nitrogens is 1. The Morgan fingerprint density at radius 2 is 2.09 bits per heavy atom. The van der Waals surface area contributed by atoms with Gasteiger partial charge in [-0.1, -0.05) is 6.07 Å². The van der Waals surface area contributed by atoms with Crippen molar-refractivity contribution in [2.75, 3.05) is 36.5 Å². The Bertz CT molecular complexity index is 828. The lowest BCUT2D eigenvalue weighted by Crippen LogP contribution is -2.37. The van der Waals surface area contributed by atoms with Gasteiger partial charge < -0.3 is 25.0 Å². The number of rotatable bonds is 3. The molecule has 8 nitrogen and oxygen atoms in total. The number of fused-ring (bicyclic) bond motifs is 1. The van der Waals surface area contributed by atoms with Crippen LogP contribution in [0.3, 0.4) is 0 Å². The Hall–Kier alpha value is -2.87. The molecule has 1 aliphatic rings. The summed E-state index contributed by atoms with van der Waals surface area (Å²) in [6.45, 7) is 2.83. The predicted octanol–water partition coefficient (Wildman–Crippen LogP) is 1.64. The number of hydrogen-bond donors (Lipinski definition) is 3. The van der Waals surface area contributed by atoms with Crippen LogP contribution in [-0.2, 0) is 4.74 Å². The summed E-state index contributed by atoms with van der Waals surface area (Å²) in [5.74, 6) is 1.44. The van der Waals surface area contributed by atoms with E-state index in [9.17, 15) is 5.11 Å². The van der Waals surface area contributed by atoms with Crippen LogP contribution in [0.25, 0.3) is 11.2 Å².